The average Bonchev–Trinajstić information content (AvgIpc) is 2.77. The van der Waals surface area contributed by atoms with Crippen molar-refractivity contribution in [3.8, 4) is 0 Å². The third-order valence-corrected chi connectivity index (χ3v) is 7.04. The summed E-state index contributed by atoms with van der Waals surface area (Å²) in [4.78, 5) is 0. The maximum atomic E-state index is 10.2. The van der Waals surface area contributed by atoms with Crippen LogP contribution in [-0.4, -0.2) is 43.8 Å². The van der Waals surface area contributed by atoms with Crippen LogP contribution in [0.15, 0.2) is 54.1 Å². The highest BCUT2D eigenvalue weighted by atomic mass is 16.3. The second-order valence-corrected chi connectivity index (χ2v) is 12.0. The fourth-order valence-corrected chi connectivity index (χ4v) is 4.82. The topological polar surface area (TPSA) is 80.9 Å². The fraction of sp³-hybridized carbons (Fsp3) is 0.625. The molecule has 2 rings (SSSR count). The van der Waals surface area contributed by atoms with Gasteiger partial charge in [-0.25, -0.2) is 0 Å². The van der Waals surface area contributed by atoms with Gasteiger partial charge in [-0.05, 0) is 100 Å². The van der Waals surface area contributed by atoms with Gasteiger partial charge in [-0.1, -0.05) is 68.7 Å². The molecule has 202 valence electrons. The molecule has 1 aromatic carbocycles. The Balaban J connectivity index is 2.11. The molecule has 1 aromatic rings. The van der Waals surface area contributed by atoms with Crippen LogP contribution >= 0.6 is 0 Å². The molecule has 0 saturated heterocycles. The lowest BCUT2D eigenvalue weighted by molar-refractivity contribution is 0.0674. The summed E-state index contributed by atoms with van der Waals surface area (Å²) >= 11 is 0. The Morgan fingerprint density at radius 2 is 1.58 bits per heavy atom. The summed E-state index contributed by atoms with van der Waals surface area (Å²) in [5.74, 6) is 0. The number of hydrogen-bond acceptors (Lipinski definition) is 4. The Kier molecular flexibility index (Phi) is 12.1. The number of allylic oxidation sites excluding steroid dienone is 3. The molecule has 1 aliphatic rings. The molecular formula is C32H50O4. The van der Waals surface area contributed by atoms with Gasteiger partial charge in [0.25, 0.3) is 0 Å². The third-order valence-electron chi connectivity index (χ3n) is 7.04. The number of hydrogen-bond donors (Lipinski definition) is 4. The standard InChI is InChI=1S/C32H50O4/c1-24-27(22-29(33)23-30(24)34)18-17-26(15-9-7-11-20-32(4,5)36)28-16-12-14-25(21-28)13-8-6-10-19-31(2,3)35/h12,14,16-18,21,29-30,33-36H,1,6-11,13,15,19-20,22-23H2,2-5H3/b26-17-,27-18-/t29-,30+/m1/s1. The summed E-state index contributed by atoms with van der Waals surface area (Å²) < 4.78 is 0. The first-order valence-corrected chi connectivity index (χ1v) is 13.8. The van der Waals surface area contributed by atoms with Crippen LogP contribution in [-0.2, 0) is 6.42 Å². The molecule has 0 radical (unpaired) electrons. The molecule has 1 saturated carbocycles. The molecule has 4 N–H and O–H groups in total. The average molecular weight is 499 g/mol. The first-order chi connectivity index (χ1) is 16.8. The number of unbranched alkanes of at least 4 members (excludes halogenated alkanes) is 4. The van der Waals surface area contributed by atoms with Gasteiger partial charge in [0.05, 0.1) is 23.4 Å². The highest BCUT2D eigenvalue weighted by Crippen LogP contribution is 2.30. The van der Waals surface area contributed by atoms with Crippen LogP contribution in [0.1, 0.15) is 109 Å². The molecule has 0 heterocycles. The van der Waals surface area contributed by atoms with Gasteiger partial charge < -0.3 is 20.4 Å². The minimum Gasteiger partial charge on any atom is -0.393 e. The zero-order valence-corrected chi connectivity index (χ0v) is 23.1. The van der Waals surface area contributed by atoms with Crippen molar-refractivity contribution in [2.45, 2.75) is 128 Å². The van der Waals surface area contributed by atoms with E-state index in [1.54, 1.807) is 0 Å². The summed E-state index contributed by atoms with van der Waals surface area (Å²) in [6, 6.07) is 8.77. The maximum absolute atomic E-state index is 10.2. The van der Waals surface area contributed by atoms with Crippen molar-refractivity contribution in [1.82, 2.24) is 0 Å². The van der Waals surface area contributed by atoms with E-state index in [1.807, 2.05) is 33.8 Å². The number of aryl methyl sites for hydroxylation is 1. The van der Waals surface area contributed by atoms with Crippen LogP contribution in [0.4, 0.5) is 0 Å². The van der Waals surface area contributed by atoms with E-state index in [0.717, 1.165) is 69.8 Å². The lowest BCUT2D eigenvalue weighted by Gasteiger charge is -2.26. The van der Waals surface area contributed by atoms with Crippen molar-refractivity contribution in [3.63, 3.8) is 0 Å². The van der Waals surface area contributed by atoms with E-state index in [1.165, 1.54) is 16.7 Å². The van der Waals surface area contributed by atoms with Crippen LogP contribution in [0, 0.1) is 0 Å². The Morgan fingerprint density at radius 3 is 2.22 bits per heavy atom. The van der Waals surface area contributed by atoms with Crippen LogP contribution in [0.5, 0.6) is 0 Å². The number of aliphatic hydroxyl groups excluding tert-OH is 2. The van der Waals surface area contributed by atoms with Crippen LogP contribution in [0.25, 0.3) is 5.57 Å². The fourth-order valence-electron chi connectivity index (χ4n) is 4.82. The van der Waals surface area contributed by atoms with E-state index in [2.05, 4.69) is 36.9 Å². The lowest BCUT2D eigenvalue weighted by Crippen LogP contribution is -2.26. The molecule has 4 heteroatoms. The zero-order valence-electron chi connectivity index (χ0n) is 23.1. The van der Waals surface area contributed by atoms with E-state index >= 15 is 0 Å². The Morgan fingerprint density at radius 1 is 0.944 bits per heavy atom. The maximum Gasteiger partial charge on any atom is 0.0811 e. The van der Waals surface area contributed by atoms with E-state index in [4.69, 9.17) is 0 Å². The van der Waals surface area contributed by atoms with E-state index in [0.29, 0.717) is 18.4 Å². The quantitative estimate of drug-likeness (QED) is 0.216. The van der Waals surface area contributed by atoms with E-state index in [-0.39, 0.29) is 0 Å². The number of rotatable bonds is 14. The van der Waals surface area contributed by atoms with Crippen molar-refractivity contribution in [3.05, 3.63) is 65.3 Å². The number of aliphatic hydroxyl groups is 4. The minimum atomic E-state index is -0.682. The molecule has 0 unspecified atom stereocenters. The van der Waals surface area contributed by atoms with Crippen molar-refractivity contribution < 1.29 is 20.4 Å². The number of benzene rings is 1. The van der Waals surface area contributed by atoms with Gasteiger partial charge in [0.1, 0.15) is 0 Å². The Bertz CT molecular complexity index is 882. The van der Waals surface area contributed by atoms with Gasteiger partial charge in [-0.2, -0.15) is 0 Å². The van der Waals surface area contributed by atoms with Crippen LogP contribution in [0.2, 0.25) is 0 Å². The minimum absolute atomic E-state index is 0.353. The molecule has 4 nitrogen and oxygen atoms in total. The van der Waals surface area contributed by atoms with Crippen molar-refractivity contribution >= 4 is 5.57 Å². The molecule has 2 atom stereocenters. The van der Waals surface area contributed by atoms with Gasteiger partial charge in [0, 0.05) is 6.42 Å². The molecule has 0 bridgehead atoms. The molecule has 36 heavy (non-hydrogen) atoms. The normalized spacial score (nSPS) is 20.8. The van der Waals surface area contributed by atoms with Crippen LogP contribution < -0.4 is 0 Å². The Labute approximate surface area is 219 Å². The lowest BCUT2D eigenvalue weighted by atomic mass is 9.85. The SMILES string of the molecule is C=C1/C(=C\C=C(\CCCCCC(C)(C)O)c2cccc(CCCCCC(C)(C)O)c2)C[C@@H](O)C[C@@H]1O. The first-order valence-electron chi connectivity index (χ1n) is 13.8. The largest absolute Gasteiger partial charge is 0.393 e. The highest BCUT2D eigenvalue weighted by molar-refractivity contribution is 5.68. The third kappa shape index (κ3) is 12.0. The Hall–Kier alpha value is -1.72. The smallest absolute Gasteiger partial charge is 0.0811 e. The monoisotopic (exact) mass is 498 g/mol. The van der Waals surface area contributed by atoms with Crippen molar-refractivity contribution in [2.75, 3.05) is 0 Å². The molecular weight excluding hydrogens is 448 g/mol. The first kappa shape index (κ1) is 30.5. The summed E-state index contributed by atoms with van der Waals surface area (Å²) in [5, 5.41) is 40.2. The summed E-state index contributed by atoms with van der Waals surface area (Å²) in [6.45, 7) is 11.5. The van der Waals surface area contributed by atoms with Crippen LogP contribution in [0.3, 0.4) is 0 Å². The predicted octanol–water partition coefficient (Wildman–Crippen LogP) is 6.66. The molecule has 0 spiro atoms. The van der Waals surface area contributed by atoms with Gasteiger partial charge in [-0.3, -0.25) is 0 Å². The molecule has 1 fully saturated rings. The van der Waals surface area contributed by atoms with Gasteiger partial charge in [0.15, 0.2) is 0 Å². The van der Waals surface area contributed by atoms with Gasteiger partial charge in [-0.15, -0.1) is 0 Å². The second kappa shape index (κ2) is 14.3. The molecule has 0 aromatic heterocycles. The van der Waals surface area contributed by atoms with Gasteiger partial charge in [0.2, 0.25) is 0 Å². The van der Waals surface area contributed by atoms with E-state index in [9.17, 15) is 20.4 Å². The summed E-state index contributed by atoms with van der Waals surface area (Å²) in [6.07, 6.45) is 13.8. The van der Waals surface area contributed by atoms with Gasteiger partial charge >= 0.3 is 0 Å². The molecule has 1 aliphatic carbocycles. The van der Waals surface area contributed by atoms with Crippen molar-refractivity contribution in [1.29, 1.82) is 0 Å². The van der Waals surface area contributed by atoms with E-state index < -0.39 is 23.4 Å². The zero-order chi connectivity index (χ0) is 26.8. The highest BCUT2D eigenvalue weighted by Gasteiger charge is 2.24. The second-order valence-electron chi connectivity index (χ2n) is 12.0. The molecule has 0 amide bonds. The van der Waals surface area contributed by atoms with Crippen molar-refractivity contribution in [2.24, 2.45) is 0 Å². The predicted molar refractivity (Wildman–Crippen MR) is 151 cm³/mol. The molecule has 0 aliphatic heterocycles. The summed E-state index contributed by atoms with van der Waals surface area (Å²) in [5.41, 5.74) is 4.21. The summed E-state index contributed by atoms with van der Waals surface area (Å²) in [7, 11) is 0.